The van der Waals surface area contributed by atoms with Crippen molar-refractivity contribution in [1.29, 1.82) is 0 Å². The maximum atomic E-state index is 13.5. The summed E-state index contributed by atoms with van der Waals surface area (Å²) in [6, 6.07) is 4.51. The van der Waals surface area contributed by atoms with Crippen LogP contribution >= 0.6 is 11.6 Å². The number of ketones is 1. The molecule has 0 fully saturated rings. The van der Waals surface area contributed by atoms with E-state index < -0.39 is 12.1 Å². The van der Waals surface area contributed by atoms with Gasteiger partial charge in [0.15, 0.2) is 5.78 Å². The predicted molar refractivity (Wildman–Crippen MR) is 57.9 cm³/mol. The Morgan fingerprint density at radius 3 is 2.62 bits per heavy atom. The van der Waals surface area contributed by atoms with Gasteiger partial charge in [-0.3, -0.25) is 4.79 Å². The van der Waals surface area contributed by atoms with Crippen LogP contribution < -0.4 is 0 Å². The average molecular weight is 247 g/mol. The van der Waals surface area contributed by atoms with Crippen LogP contribution in [0.2, 0.25) is 5.02 Å². The Hall–Kier alpha value is -0.970. The molecule has 0 saturated carbocycles. The van der Waals surface area contributed by atoms with Gasteiger partial charge in [-0.1, -0.05) is 23.7 Å². The van der Waals surface area contributed by atoms with Gasteiger partial charge in [0.2, 0.25) is 6.29 Å². The van der Waals surface area contributed by atoms with Crippen molar-refractivity contribution in [3.05, 3.63) is 34.6 Å². The summed E-state index contributed by atoms with van der Waals surface area (Å²) in [5.41, 5.74) is 0.233. The Labute approximate surface area is 98.1 Å². The summed E-state index contributed by atoms with van der Waals surface area (Å²) in [5, 5.41) is -0.00307. The lowest BCUT2D eigenvalue weighted by Crippen LogP contribution is -2.26. The van der Waals surface area contributed by atoms with Gasteiger partial charge in [-0.25, -0.2) is 4.39 Å². The van der Waals surface area contributed by atoms with Crippen molar-refractivity contribution in [2.24, 2.45) is 0 Å². The molecule has 16 heavy (non-hydrogen) atoms. The number of ether oxygens (including phenoxy) is 2. The highest BCUT2D eigenvalue weighted by Crippen LogP contribution is 2.18. The molecule has 1 aromatic carbocycles. The summed E-state index contributed by atoms with van der Waals surface area (Å²) in [4.78, 5) is 11.6. The number of carbonyl (C=O) groups excluding carboxylic acids is 1. The molecule has 0 amide bonds. The molecule has 0 radical (unpaired) electrons. The van der Waals surface area contributed by atoms with Crippen molar-refractivity contribution in [3.63, 3.8) is 0 Å². The molecule has 0 aliphatic carbocycles. The van der Waals surface area contributed by atoms with Gasteiger partial charge in [-0.15, -0.1) is 0 Å². The Morgan fingerprint density at radius 1 is 1.44 bits per heavy atom. The van der Waals surface area contributed by atoms with Crippen LogP contribution in [0.25, 0.3) is 0 Å². The first-order valence-corrected chi connectivity index (χ1v) is 4.99. The zero-order valence-electron chi connectivity index (χ0n) is 9.00. The minimum Gasteiger partial charge on any atom is -0.349 e. The maximum absolute atomic E-state index is 13.5. The molecule has 0 aliphatic rings. The molecule has 0 unspecified atom stereocenters. The van der Waals surface area contributed by atoms with E-state index in [-0.39, 0.29) is 22.8 Å². The molecule has 0 aliphatic heterocycles. The zero-order valence-corrected chi connectivity index (χ0v) is 9.75. The van der Waals surface area contributed by atoms with E-state index in [1.54, 1.807) is 6.07 Å². The van der Waals surface area contributed by atoms with E-state index in [0.29, 0.717) is 0 Å². The largest absolute Gasteiger partial charge is 0.349 e. The fraction of sp³-hybridized carbons (Fsp3) is 0.364. The van der Waals surface area contributed by atoms with E-state index in [2.05, 4.69) is 0 Å². The minimum atomic E-state index is -0.974. The highest BCUT2D eigenvalue weighted by atomic mass is 35.5. The van der Waals surface area contributed by atoms with Crippen molar-refractivity contribution >= 4 is 17.4 Å². The monoisotopic (exact) mass is 246 g/mol. The smallest absolute Gasteiger partial charge is 0.217 e. The van der Waals surface area contributed by atoms with Crippen LogP contribution in [-0.2, 0) is 20.7 Å². The Morgan fingerprint density at radius 2 is 2.06 bits per heavy atom. The minimum absolute atomic E-state index is 0.00307. The molecular formula is C11H12ClFO3. The maximum Gasteiger partial charge on any atom is 0.217 e. The third kappa shape index (κ3) is 3.01. The van der Waals surface area contributed by atoms with E-state index in [0.717, 1.165) is 0 Å². The van der Waals surface area contributed by atoms with Crippen LogP contribution in [0.1, 0.15) is 5.56 Å². The second-order valence-electron chi connectivity index (χ2n) is 3.16. The molecule has 0 heterocycles. The number of Topliss-reactive ketones (excluding diaryl/α,β-unsaturated/α-hetero) is 1. The number of halogens is 2. The molecule has 88 valence electrons. The first kappa shape index (κ1) is 13.1. The summed E-state index contributed by atoms with van der Waals surface area (Å²) in [7, 11) is 2.70. The SMILES string of the molecule is COC(OC)C(=O)Cc1cccc(Cl)c1F. The quantitative estimate of drug-likeness (QED) is 0.748. The van der Waals surface area contributed by atoms with Gasteiger partial charge in [-0.05, 0) is 11.6 Å². The van der Waals surface area contributed by atoms with E-state index in [1.807, 2.05) is 0 Å². The third-order valence-electron chi connectivity index (χ3n) is 2.09. The summed E-state index contributed by atoms with van der Waals surface area (Å²) < 4.78 is 23.0. The predicted octanol–water partition coefficient (Wildman–Crippen LogP) is 2.21. The number of hydrogen-bond acceptors (Lipinski definition) is 3. The highest BCUT2D eigenvalue weighted by Gasteiger charge is 2.19. The molecule has 3 nitrogen and oxygen atoms in total. The molecule has 0 bridgehead atoms. The standard InChI is InChI=1S/C11H12ClFO3/c1-15-11(16-2)9(14)6-7-4-3-5-8(12)10(7)13/h3-5,11H,6H2,1-2H3. The fourth-order valence-electron chi connectivity index (χ4n) is 1.32. The van der Waals surface area contributed by atoms with Crippen LogP contribution in [0.5, 0.6) is 0 Å². The molecule has 0 atom stereocenters. The van der Waals surface area contributed by atoms with Gasteiger partial charge < -0.3 is 9.47 Å². The first-order chi connectivity index (χ1) is 7.60. The zero-order chi connectivity index (χ0) is 12.1. The Kier molecular flexibility index (Phi) is 4.86. The molecule has 1 aromatic rings. The number of hydrogen-bond donors (Lipinski definition) is 0. The van der Waals surface area contributed by atoms with Crippen molar-refractivity contribution < 1.29 is 18.7 Å². The normalized spacial score (nSPS) is 10.8. The third-order valence-corrected chi connectivity index (χ3v) is 2.38. The van der Waals surface area contributed by atoms with E-state index in [1.165, 1.54) is 26.4 Å². The molecule has 0 saturated heterocycles. The topological polar surface area (TPSA) is 35.5 Å². The van der Waals surface area contributed by atoms with Crippen LogP contribution in [0, 0.1) is 5.82 Å². The van der Waals surface area contributed by atoms with Gasteiger partial charge in [-0.2, -0.15) is 0 Å². The van der Waals surface area contributed by atoms with Crippen LogP contribution in [0.3, 0.4) is 0 Å². The average Bonchev–Trinajstić information content (AvgIpc) is 2.26. The van der Waals surface area contributed by atoms with Gasteiger partial charge in [0.1, 0.15) is 5.82 Å². The summed E-state index contributed by atoms with van der Waals surface area (Å²) in [6.07, 6.45) is -1.09. The van der Waals surface area contributed by atoms with Gasteiger partial charge >= 0.3 is 0 Å². The summed E-state index contributed by atoms with van der Waals surface area (Å²) >= 11 is 5.60. The van der Waals surface area contributed by atoms with Crippen molar-refractivity contribution in [3.8, 4) is 0 Å². The lowest BCUT2D eigenvalue weighted by atomic mass is 10.1. The summed E-state index contributed by atoms with van der Waals surface area (Å²) in [5.74, 6) is -0.936. The molecule has 0 aromatic heterocycles. The number of methoxy groups -OCH3 is 2. The van der Waals surface area contributed by atoms with Crippen LogP contribution in [0.15, 0.2) is 18.2 Å². The summed E-state index contributed by atoms with van der Waals surface area (Å²) in [6.45, 7) is 0. The van der Waals surface area contributed by atoms with E-state index >= 15 is 0 Å². The fourth-order valence-corrected chi connectivity index (χ4v) is 1.51. The lowest BCUT2D eigenvalue weighted by molar-refractivity contribution is -0.155. The Balaban J connectivity index is 2.80. The van der Waals surface area contributed by atoms with E-state index in [9.17, 15) is 9.18 Å². The second-order valence-corrected chi connectivity index (χ2v) is 3.57. The molecule has 0 spiro atoms. The van der Waals surface area contributed by atoms with Gasteiger partial charge in [0.05, 0.1) is 5.02 Å². The van der Waals surface area contributed by atoms with E-state index in [4.69, 9.17) is 21.1 Å². The molecule has 5 heteroatoms. The van der Waals surface area contributed by atoms with Crippen molar-refractivity contribution in [1.82, 2.24) is 0 Å². The van der Waals surface area contributed by atoms with Gasteiger partial charge in [0, 0.05) is 20.6 Å². The molecule has 0 N–H and O–H groups in total. The highest BCUT2D eigenvalue weighted by molar-refractivity contribution is 6.30. The van der Waals surface area contributed by atoms with Crippen molar-refractivity contribution in [2.45, 2.75) is 12.7 Å². The lowest BCUT2D eigenvalue weighted by Gasteiger charge is -2.12. The molecule has 1 rings (SSSR count). The number of benzene rings is 1. The van der Waals surface area contributed by atoms with Crippen molar-refractivity contribution in [2.75, 3.05) is 14.2 Å². The molecular weight excluding hydrogens is 235 g/mol. The Bertz CT molecular complexity index is 377. The first-order valence-electron chi connectivity index (χ1n) is 4.61. The number of rotatable bonds is 5. The van der Waals surface area contributed by atoms with Crippen LogP contribution in [0.4, 0.5) is 4.39 Å². The number of carbonyl (C=O) groups is 1. The van der Waals surface area contributed by atoms with Crippen LogP contribution in [-0.4, -0.2) is 26.3 Å². The van der Waals surface area contributed by atoms with Gasteiger partial charge in [0.25, 0.3) is 0 Å². The second kappa shape index (κ2) is 5.94.